The Morgan fingerprint density at radius 1 is 0.925 bits per heavy atom. The molecule has 7 rings (SSSR count). The van der Waals surface area contributed by atoms with Crippen LogP contribution in [0.25, 0.3) is 32.4 Å². The normalized spacial score (nSPS) is 18.7. The lowest BCUT2D eigenvalue weighted by molar-refractivity contribution is -0.124. The van der Waals surface area contributed by atoms with Crippen molar-refractivity contribution in [3.8, 4) is 0 Å². The summed E-state index contributed by atoms with van der Waals surface area (Å²) in [6.07, 6.45) is 5.46. The molecule has 1 aliphatic carbocycles. The number of piperidine rings is 1. The Bertz CT molecular complexity index is 1790. The highest BCUT2D eigenvalue weighted by atomic mass is 16.1. The maximum absolute atomic E-state index is 14.0. The van der Waals surface area contributed by atoms with Gasteiger partial charge in [-0.15, -0.1) is 0 Å². The van der Waals surface area contributed by atoms with Crippen molar-refractivity contribution in [3.05, 3.63) is 89.5 Å². The fourth-order valence-corrected chi connectivity index (χ4v) is 7.27. The third-order valence-corrected chi connectivity index (χ3v) is 9.39. The van der Waals surface area contributed by atoms with Crippen LogP contribution in [0.1, 0.15) is 49.8 Å². The predicted molar refractivity (Wildman–Crippen MR) is 167 cm³/mol. The molecule has 0 radical (unpaired) electrons. The number of rotatable bonds is 3. The summed E-state index contributed by atoms with van der Waals surface area (Å²) in [5, 5.41) is 9.56. The van der Waals surface area contributed by atoms with Crippen molar-refractivity contribution >= 4 is 49.9 Å². The molecule has 1 saturated heterocycles. The molecular weight excluding hydrogens is 490 g/mol. The smallest absolute Gasteiger partial charge is 0.228 e. The van der Waals surface area contributed by atoms with E-state index in [1.165, 1.54) is 56.5 Å². The first-order valence-electron chi connectivity index (χ1n) is 14.8. The molecule has 5 aromatic rings. The summed E-state index contributed by atoms with van der Waals surface area (Å²) < 4.78 is 0. The predicted octanol–water partition coefficient (Wildman–Crippen LogP) is 8.22. The van der Waals surface area contributed by atoms with Crippen molar-refractivity contribution in [3.63, 3.8) is 0 Å². The van der Waals surface area contributed by atoms with Crippen LogP contribution in [-0.2, 0) is 17.6 Å². The van der Waals surface area contributed by atoms with Gasteiger partial charge in [0.25, 0.3) is 0 Å². The van der Waals surface area contributed by atoms with E-state index >= 15 is 0 Å². The number of nitrogens with one attached hydrogen (secondary N) is 1. The van der Waals surface area contributed by atoms with Gasteiger partial charge in [0.05, 0.1) is 5.52 Å². The third-order valence-electron chi connectivity index (χ3n) is 9.39. The highest BCUT2D eigenvalue weighted by Gasteiger charge is 2.41. The van der Waals surface area contributed by atoms with E-state index in [4.69, 9.17) is 4.98 Å². The summed E-state index contributed by atoms with van der Waals surface area (Å²) in [5.41, 5.74) is 5.90. The molecule has 0 unspecified atom stereocenters. The minimum Gasteiger partial charge on any atom is -0.356 e. The van der Waals surface area contributed by atoms with Gasteiger partial charge in [-0.1, -0.05) is 68.4 Å². The van der Waals surface area contributed by atoms with Crippen LogP contribution < -0.4 is 10.2 Å². The maximum Gasteiger partial charge on any atom is 0.228 e. The topological polar surface area (TPSA) is 45.2 Å². The molecule has 4 nitrogen and oxygen atoms in total. The molecule has 4 heteroatoms. The molecule has 1 N–H and O–H groups in total. The Labute approximate surface area is 236 Å². The number of carbonyl (C=O) groups excluding carboxylic acids is 1. The fourth-order valence-electron chi connectivity index (χ4n) is 7.27. The van der Waals surface area contributed by atoms with Crippen LogP contribution in [0, 0.1) is 18.3 Å². The van der Waals surface area contributed by atoms with Crippen LogP contribution in [0.2, 0.25) is 0 Å². The number of nitrogens with zero attached hydrogens (tertiary/aromatic N) is 2. The number of hydrogen-bond acceptors (Lipinski definition) is 3. The number of carbonyl (C=O) groups is 1. The number of aryl methyl sites for hydroxylation is 3. The fraction of sp³-hybridized carbons (Fsp3) is 0.333. The number of hydrogen-bond donors (Lipinski definition) is 1. The van der Waals surface area contributed by atoms with Gasteiger partial charge in [-0.05, 0) is 95.5 Å². The monoisotopic (exact) mass is 527 g/mol. The van der Waals surface area contributed by atoms with Crippen LogP contribution in [0.5, 0.6) is 0 Å². The Morgan fingerprint density at radius 2 is 1.75 bits per heavy atom. The lowest BCUT2D eigenvalue weighted by Crippen LogP contribution is -2.50. The Hall–Kier alpha value is -3.92. The zero-order valence-corrected chi connectivity index (χ0v) is 23.8. The number of para-hydroxylation sites is 1. The lowest BCUT2D eigenvalue weighted by atomic mass is 9.73. The largest absolute Gasteiger partial charge is 0.356 e. The van der Waals surface area contributed by atoms with Crippen LogP contribution in [0.4, 0.5) is 11.5 Å². The molecule has 1 aromatic heterocycles. The number of aromatic nitrogens is 1. The zero-order chi connectivity index (χ0) is 27.4. The average molecular weight is 528 g/mol. The van der Waals surface area contributed by atoms with E-state index in [0.717, 1.165) is 49.4 Å². The third kappa shape index (κ3) is 4.21. The number of amides is 1. The highest BCUT2D eigenvalue weighted by molar-refractivity contribution is 6.16. The van der Waals surface area contributed by atoms with Gasteiger partial charge in [-0.2, -0.15) is 0 Å². The van der Waals surface area contributed by atoms with E-state index in [2.05, 4.69) is 104 Å². The van der Waals surface area contributed by atoms with Gasteiger partial charge in [0, 0.05) is 35.5 Å². The number of fused-ring (bicyclic) bond motifs is 6. The lowest BCUT2D eigenvalue weighted by Gasteiger charge is -2.44. The van der Waals surface area contributed by atoms with Crippen molar-refractivity contribution in [1.29, 1.82) is 0 Å². The van der Waals surface area contributed by atoms with Crippen LogP contribution in [0.3, 0.4) is 0 Å². The molecule has 2 aliphatic rings. The zero-order valence-electron chi connectivity index (χ0n) is 23.8. The summed E-state index contributed by atoms with van der Waals surface area (Å²) in [6, 6.07) is 26.0. The van der Waals surface area contributed by atoms with Crippen molar-refractivity contribution in [2.24, 2.45) is 11.3 Å². The molecular formula is C36H37N3O. The Balaban J connectivity index is 1.20. The van der Waals surface area contributed by atoms with E-state index in [9.17, 15) is 4.79 Å². The van der Waals surface area contributed by atoms with Gasteiger partial charge in [0.15, 0.2) is 0 Å². The Kier molecular flexibility index (Phi) is 6.03. The Morgan fingerprint density at radius 3 is 2.62 bits per heavy atom. The molecule has 40 heavy (non-hydrogen) atoms. The summed E-state index contributed by atoms with van der Waals surface area (Å²) in [4.78, 5) is 21.4. The van der Waals surface area contributed by atoms with E-state index in [1.54, 1.807) is 0 Å². The quantitative estimate of drug-likeness (QED) is 0.240. The SMILES string of the molecule is Cc1cccc2ccc(N3CC[C@H](C(=O)Nc4cc5ccccc5c5ccc6c(c45)CCCC6)C(C)(C)C3)nc12. The molecule has 1 fully saturated rings. The summed E-state index contributed by atoms with van der Waals surface area (Å²) in [6.45, 7) is 8.20. The molecule has 0 bridgehead atoms. The van der Waals surface area contributed by atoms with E-state index in [-0.39, 0.29) is 17.2 Å². The first kappa shape index (κ1) is 25.1. The van der Waals surface area contributed by atoms with Gasteiger partial charge < -0.3 is 10.2 Å². The second-order valence-electron chi connectivity index (χ2n) is 12.5. The van der Waals surface area contributed by atoms with Crippen molar-refractivity contribution in [2.45, 2.75) is 52.9 Å². The average Bonchev–Trinajstić information content (AvgIpc) is 2.96. The summed E-state index contributed by atoms with van der Waals surface area (Å²) in [7, 11) is 0. The van der Waals surface area contributed by atoms with Gasteiger partial charge in [0.2, 0.25) is 5.91 Å². The number of benzene rings is 4. The minimum absolute atomic E-state index is 0.0769. The number of anilines is 2. The summed E-state index contributed by atoms with van der Waals surface area (Å²) >= 11 is 0. The van der Waals surface area contributed by atoms with Crippen molar-refractivity contribution < 1.29 is 4.79 Å². The molecule has 1 atom stereocenters. The standard InChI is InChI=1S/C36H37N3O/c1-23-9-8-12-25-16-18-32(38-34(23)25)39-20-19-30(36(2,3)22-39)35(40)37-31-21-26-11-5-6-13-27(26)29-17-15-24-10-4-7-14-28(24)33(29)31/h5-6,8-9,11-13,15-18,21,30H,4,7,10,14,19-20,22H2,1-3H3,(H,37,40)/t30-/m1/s1. The van der Waals surface area contributed by atoms with Gasteiger partial charge in [0.1, 0.15) is 5.82 Å². The van der Waals surface area contributed by atoms with E-state index < -0.39 is 0 Å². The van der Waals surface area contributed by atoms with E-state index in [0.29, 0.717) is 0 Å². The highest BCUT2D eigenvalue weighted by Crippen LogP contribution is 2.41. The molecule has 202 valence electrons. The van der Waals surface area contributed by atoms with Crippen molar-refractivity contribution in [2.75, 3.05) is 23.3 Å². The van der Waals surface area contributed by atoms with Crippen LogP contribution >= 0.6 is 0 Å². The second kappa shape index (κ2) is 9.62. The van der Waals surface area contributed by atoms with E-state index in [1.807, 2.05) is 0 Å². The van der Waals surface area contributed by atoms with Crippen LogP contribution in [-0.4, -0.2) is 24.0 Å². The second-order valence-corrected chi connectivity index (χ2v) is 12.5. The van der Waals surface area contributed by atoms with Crippen LogP contribution in [0.15, 0.2) is 72.8 Å². The van der Waals surface area contributed by atoms with Crippen molar-refractivity contribution in [1.82, 2.24) is 4.98 Å². The first-order chi connectivity index (χ1) is 19.4. The van der Waals surface area contributed by atoms with Gasteiger partial charge in [-0.25, -0.2) is 4.98 Å². The molecule has 0 saturated carbocycles. The molecule has 2 heterocycles. The first-order valence-corrected chi connectivity index (χ1v) is 14.8. The minimum atomic E-state index is -0.198. The molecule has 1 amide bonds. The maximum atomic E-state index is 14.0. The molecule has 0 spiro atoms. The van der Waals surface area contributed by atoms with Gasteiger partial charge >= 0.3 is 0 Å². The molecule has 1 aliphatic heterocycles. The number of pyridine rings is 1. The molecule has 4 aromatic carbocycles. The summed E-state index contributed by atoms with van der Waals surface area (Å²) in [5.74, 6) is 1.06. The van der Waals surface area contributed by atoms with Gasteiger partial charge in [-0.3, -0.25) is 4.79 Å².